The van der Waals surface area contributed by atoms with Crippen LogP contribution in [0, 0.1) is 0 Å². The second kappa shape index (κ2) is 5.76. The first-order valence-electron chi connectivity index (χ1n) is 5.81. The minimum Gasteiger partial charge on any atom is -0.455 e. The van der Waals surface area contributed by atoms with Crippen molar-refractivity contribution in [2.75, 3.05) is 18.2 Å². The van der Waals surface area contributed by atoms with E-state index >= 15 is 0 Å². The van der Waals surface area contributed by atoms with Crippen molar-refractivity contribution in [2.45, 2.75) is 9.79 Å². The molecule has 2 aromatic carbocycles. The van der Waals surface area contributed by atoms with Crippen molar-refractivity contribution in [1.82, 2.24) is 0 Å². The number of hydrogen-bond acceptors (Lipinski definition) is 5. The van der Waals surface area contributed by atoms with Gasteiger partial charge in [-0.3, -0.25) is 0 Å². The van der Waals surface area contributed by atoms with E-state index in [9.17, 15) is 8.42 Å². The molecule has 20 heavy (non-hydrogen) atoms. The Morgan fingerprint density at radius 1 is 1.10 bits per heavy atom. The molecular weight excluding hydrogens is 294 g/mol. The fourth-order valence-electron chi connectivity index (χ4n) is 1.62. The molecule has 4 nitrogen and oxygen atoms in total. The molecule has 0 spiro atoms. The predicted octanol–water partition coefficient (Wildman–Crippen LogP) is 3.19. The molecule has 2 aromatic rings. The topological polar surface area (TPSA) is 69.4 Å². The van der Waals surface area contributed by atoms with Gasteiger partial charge in [0.05, 0.1) is 10.6 Å². The molecule has 2 N–H and O–H groups in total. The summed E-state index contributed by atoms with van der Waals surface area (Å²) >= 11 is 1.64. The molecule has 0 bridgehead atoms. The van der Waals surface area contributed by atoms with Crippen molar-refractivity contribution in [2.24, 2.45) is 0 Å². The van der Waals surface area contributed by atoms with E-state index in [1.54, 1.807) is 17.8 Å². The Balaban J connectivity index is 2.25. The molecule has 6 heteroatoms. The molecule has 0 radical (unpaired) electrons. The lowest BCUT2D eigenvalue weighted by Crippen LogP contribution is -1.99. The third-order valence-electron chi connectivity index (χ3n) is 2.70. The summed E-state index contributed by atoms with van der Waals surface area (Å²) in [7, 11) is -3.26. The van der Waals surface area contributed by atoms with Crippen LogP contribution in [0.25, 0.3) is 0 Å². The van der Waals surface area contributed by atoms with Gasteiger partial charge in [0.1, 0.15) is 11.5 Å². The molecule has 0 atom stereocenters. The van der Waals surface area contributed by atoms with E-state index in [4.69, 9.17) is 10.5 Å². The van der Waals surface area contributed by atoms with Crippen molar-refractivity contribution >= 4 is 27.3 Å². The number of rotatable bonds is 4. The Hall–Kier alpha value is -1.66. The quantitative estimate of drug-likeness (QED) is 0.694. The molecule has 0 aliphatic rings. The normalized spacial score (nSPS) is 11.3. The SMILES string of the molecule is CSc1ccc(Oc2ccc(S(C)(=O)=O)cc2N)cc1. The number of thioether (sulfide) groups is 1. The Morgan fingerprint density at radius 2 is 1.75 bits per heavy atom. The van der Waals surface area contributed by atoms with Gasteiger partial charge in [0, 0.05) is 11.2 Å². The van der Waals surface area contributed by atoms with Crippen molar-refractivity contribution in [3.63, 3.8) is 0 Å². The predicted molar refractivity (Wildman–Crippen MR) is 82.3 cm³/mol. The van der Waals surface area contributed by atoms with Gasteiger partial charge in [-0.1, -0.05) is 0 Å². The van der Waals surface area contributed by atoms with Gasteiger partial charge < -0.3 is 10.5 Å². The number of ether oxygens (including phenoxy) is 1. The first-order valence-corrected chi connectivity index (χ1v) is 8.93. The average Bonchev–Trinajstić information content (AvgIpc) is 2.41. The molecule has 0 amide bonds. The van der Waals surface area contributed by atoms with E-state index in [2.05, 4.69) is 0 Å². The van der Waals surface area contributed by atoms with Crippen LogP contribution in [0.5, 0.6) is 11.5 Å². The molecule has 0 fully saturated rings. The highest BCUT2D eigenvalue weighted by atomic mass is 32.2. The molecule has 0 aromatic heterocycles. The fraction of sp³-hybridized carbons (Fsp3) is 0.143. The summed E-state index contributed by atoms with van der Waals surface area (Å²) in [6.07, 6.45) is 3.14. The molecule has 0 aliphatic heterocycles. The van der Waals surface area contributed by atoms with Gasteiger partial charge in [0.15, 0.2) is 9.84 Å². The number of nitrogen functional groups attached to an aromatic ring is 1. The summed E-state index contributed by atoms with van der Waals surface area (Å²) in [5, 5.41) is 0. The van der Waals surface area contributed by atoms with E-state index in [1.165, 1.54) is 12.1 Å². The lowest BCUT2D eigenvalue weighted by molar-refractivity contribution is 0.484. The molecule has 2 rings (SSSR count). The van der Waals surface area contributed by atoms with Gasteiger partial charge in [0.25, 0.3) is 0 Å². The monoisotopic (exact) mass is 309 g/mol. The number of nitrogens with two attached hydrogens (primary N) is 1. The maximum absolute atomic E-state index is 11.4. The third kappa shape index (κ3) is 3.46. The molecule has 0 unspecified atom stereocenters. The van der Waals surface area contributed by atoms with Gasteiger partial charge in [-0.2, -0.15) is 0 Å². The Bertz CT molecular complexity index is 710. The standard InChI is InChI=1S/C14H15NO3S2/c1-19-11-5-3-10(4-6-11)18-14-8-7-12(9-13(14)15)20(2,16)17/h3-9H,15H2,1-2H3. The highest BCUT2D eigenvalue weighted by Crippen LogP contribution is 2.30. The van der Waals surface area contributed by atoms with E-state index in [1.807, 2.05) is 30.5 Å². The zero-order valence-electron chi connectivity index (χ0n) is 11.2. The Morgan fingerprint density at radius 3 is 2.25 bits per heavy atom. The molecule has 0 heterocycles. The van der Waals surface area contributed by atoms with Gasteiger partial charge in [-0.05, 0) is 48.7 Å². The van der Waals surface area contributed by atoms with Crippen molar-refractivity contribution in [3.8, 4) is 11.5 Å². The zero-order valence-corrected chi connectivity index (χ0v) is 12.8. The minimum absolute atomic E-state index is 0.181. The third-order valence-corrected chi connectivity index (χ3v) is 4.55. The van der Waals surface area contributed by atoms with Crippen LogP contribution in [0.1, 0.15) is 0 Å². The van der Waals surface area contributed by atoms with Crippen molar-refractivity contribution < 1.29 is 13.2 Å². The second-order valence-electron chi connectivity index (χ2n) is 4.25. The summed E-state index contributed by atoms with van der Waals surface area (Å²) in [5.74, 6) is 1.09. The van der Waals surface area contributed by atoms with Crippen LogP contribution in [0.3, 0.4) is 0 Å². The van der Waals surface area contributed by atoms with E-state index in [-0.39, 0.29) is 4.90 Å². The summed E-state index contributed by atoms with van der Waals surface area (Å²) in [6, 6.07) is 12.0. The number of sulfone groups is 1. The van der Waals surface area contributed by atoms with Crippen LogP contribution in [0.4, 0.5) is 5.69 Å². The highest BCUT2D eigenvalue weighted by Gasteiger charge is 2.10. The van der Waals surface area contributed by atoms with Crippen molar-refractivity contribution in [3.05, 3.63) is 42.5 Å². The second-order valence-corrected chi connectivity index (χ2v) is 7.14. The molecular formula is C14H15NO3S2. The fourth-order valence-corrected chi connectivity index (χ4v) is 2.69. The van der Waals surface area contributed by atoms with E-state index in [0.29, 0.717) is 17.2 Å². The number of hydrogen-bond donors (Lipinski definition) is 1. The van der Waals surface area contributed by atoms with Gasteiger partial charge in [-0.15, -0.1) is 11.8 Å². The van der Waals surface area contributed by atoms with Gasteiger partial charge in [-0.25, -0.2) is 8.42 Å². The lowest BCUT2D eigenvalue weighted by Gasteiger charge is -2.10. The van der Waals surface area contributed by atoms with Crippen molar-refractivity contribution in [1.29, 1.82) is 0 Å². The lowest BCUT2D eigenvalue weighted by atomic mass is 10.3. The van der Waals surface area contributed by atoms with Crippen LogP contribution in [-0.4, -0.2) is 20.9 Å². The highest BCUT2D eigenvalue weighted by molar-refractivity contribution is 7.98. The number of anilines is 1. The summed E-state index contributed by atoms with van der Waals surface area (Å²) < 4.78 is 28.5. The Kier molecular flexibility index (Phi) is 4.25. The maximum atomic E-state index is 11.4. The summed E-state index contributed by atoms with van der Waals surface area (Å²) in [6.45, 7) is 0. The largest absolute Gasteiger partial charge is 0.455 e. The molecule has 0 saturated carbocycles. The average molecular weight is 309 g/mol. The summed E-state index contributed by atoms with van der Waals surface area (Å²) in [4.78, 5) is 1.32. The Labute approximate surface area is 122 Å². The van der Waals surface area contributed by atoms with Crippen LogP contribution in [0.2, 0.25) is 0 Å². The first-order chi connectivity index (χ1) is 9.40. The maximum Gasteiger partial charge on any atom is 0.175 e. The van der Waals surface area contributed by atoms with Crippen LogP contribution in [0.15, 0.2) is 52.3 Å². The molecule has 0 aliphatic carbocycles. The van der Waals surface area contributed by atoms with E-state index in [0.717, 1.165) is 11.2 Å². The minimum atomic E-state index is -3.26. The van der Waals surface area contributed by atoms with Gasteiger partial charge in [0.2, 0.25) is 0 Å². The summed E-state index contributed by atoms with van der Waals surface area (Å²) in [5.41, 5.74) is 6.12. The first kappa shape index (κ1) is 14.7. The van der Waals surface area contributed by atoms with Crippen LogP contribution in [-0.2, 0) is 9.84 Å². The van der Waals surface area contributed by atoms with E-state index < -0.39 is 9.84 Å². The number of benzene rings is 2. The van der Waals surface area contributed by atoms with Gasteiger partial charge >= 0.3 is 0 Å². The molecule has 0 saturated heterocycles. The van der Waals surface area contributed by atoms with Crippen LogP contribution < -0.4 is 10.5 Å². The smallest absolute Gasteiger partial charge is 0.175 e. The molecule has 106 valence electrons. The zero-order chi connectivity index (χ0) is 14.8. The van der Waals surface area contributed by atoms with Crippen LogP contribution >= 0.6 is 11.8 Å².